The summed E-state index contributed by atoms with van der Waals surface area (Å²) in [6.07, 6.45) is 1.54. The molecule has 2 N–H and O–H groups in total. The maximum absolute atomic E-state index is 12.5. The number of benzene rings is 2. The van der Waals surface area contributed by atoms with Gasteiger partial charge in [0.05, 0.1) is 13.3 Å². The number of rotatable bonds is 7. The van der Waals surface area contributed by atoms with E-state index < -0.39 is 10.1 Å². The van der Waals surface area contributed by atoms with Gasteiger partial charge in [-0.15, -0.1) is 0 Å². The Bertz CT molecular complexity index is 956. The first-order chi connectivity index (χ1) is 13.2. The van der Waals surface area contributed by atoms with Crippen LogP contribution in [0.25, 0.3) is 0 Å². The Morgan fingerprint density at radius 2 is 1.82 bits per heavy atom. The number of hydrogen-bond acceptors (Lipinski definition) is 6. The standard InChI is InChI=1S/C19H23N3O4S2/c1-13(2)21-19(27)22-20-12-15-7-10-17(18(11-15)25-4)26-28(23,24)16-8-5-14(3)6-9-16/h5-13H,1-4H3,(H2,21,22,27)/b20-12-. The van der Waals surface area contributed by atoms with Crippen LogP contribution in [-0.4, -0.2) is 32.9 Å². The van der Waals surface area contributed by atoms with Crippen LogP contribution in [0.3, 0.4) is 0 Å². The molecule has 0 saturated carbocycles. The van der Waals surface area contributed by atoms with Gasteiger partial charge in [-0.25, -0.2) is 0 Å². The van der Waals surface area contributed by atoms with Crippen LogP contribution in [0, 0.1) is 6.92 Å². The molecule has 0 aromatic heterocycles. The molecule has 0 unspecified atom stereocenters. The number of nitrogens with one attached hydrogen (secondary N) is 2. The molecular formula is C19H23N3O4S2. The number of thiocarbonyl (C=S) groups is 1. The third-order valence-corrected chi connectivity index (χ3v) is 4.95. The Labute approximate surface area is 170 Å². The van der Waals surface area contributed by atoms with Crippen molar-refractivity contribution in [2.75, 3.05) is 7.11 Å². The second-order valence-corrected chi connectivity index (χ2v) is 8.21. The minimum Gasteiger partial charge on any atom is -0.493 e. The Kier molecular flexibility index (Phi) is 7.36. The number of ether oxygens (including phenoxy) is 1. The van der Waals surface area contributed by atoms with Gasteiger partial charge in [0, 0.05) is 6.04 Å². The first kappa shape index (κ1) is 21.6. The summed E-state index contributed by atoms with van der Waals surface area (Å²) in [7, 11) is -2.53. The van der Waals surface area contributed by atoms with Crippen LogP contribution < -0.4 is 19.7 Å². The van der Waals surface area contributed by atoms with E-state index in [1.807, 2.05) is 20.8 Å². The van der Waals surface area contributed by atoms with Gasteiger partial charge in [-0.3, -0.25) is 5.43 Å². The normalized spacial score (nSPS) is 11.5. The monoisotopic (exact) mass is 421 g/mol. The van der Waals surface area contributed by atoms with Crippen molar-refractivity contribution in [1.29, 1.82) is 0 Å². The lowest BCUT2D eigenvalue weighted by Gasteiger charge is -2.12. The zero-order valence-electron chi connectivity index (χ0n) is 16.1. The van der Waals surface area contributed by atoms with Crippen molar-refractivity contribution in [2.45, 2.75) is 31.7 Å². The summed E-state index contributed by atoms with van der Waals surface area (Å²) in [5.74, 6) is 0.354. The summed E-state index contributed by atoms with van der Waals surface area (Å²) in [5, 5.41) is 7.44. The molecule has 150 valence electrons. The van der Waals surface area contributed by atoms with Crippen molar-refractivity contribution >= 4 is 33.7 Å². The molecule has 2 aromatic carbocycles. The van der Waals surface area contributed by atoms with E-state index in [0.29, 0.717) is 10.7 Å². The van der Waals surface area contributed by atoms with Gasteiger partial charge in [0.2, 0.25) is 0 Å². The fourth-order valence-corrected chi connectivity index (χ4v) is 3.39. The largest absolute Gasteiger partial charge is 0.493 e. The number of aryl methyl sites for hydroxylation is 1. The van der Waals surface area contributed by atoms with Gasteiger partial charge in [-0.1, -0.05) is 17.7 Å². The smallest absolute Gasteiger partial charge is 0.339 e. The molecule has 9 heteroatoms. The predicted molar refractivity (Wildman–Crippen MR) is 114 cm³/mol. The number of hydrazone groups is 1. The lowest BCUT2D eigenvalue weighted by atomic mass is 10.2. The van der Waals surface area contributed by atoms with E-state index in [1.54, 1.807) is 24.3 Å². The Hall–Kier alpha value is -2.65. The van der Waals surface area contributed by atoms with E-state index in [4.69, 9.17) is 21.1 Å². The van der Waals surface area contributed by atoms with Gasteiger partial charge in [0.15, 0.2) is 16.6 Å². The highest BCUT2D eigenvalue weighted by Crippen LogP contribution is 2.30. The molecule has 2 rings (SSSR count). The Morgan fingerprint density at radius 1 is 1.14 bits per heavy atom. The van der Waals surface area contributed by atoms with E-state index in [0.717, 1.165) is 5.56 Å². The van der Waals surface area contributed by atoms with E-state index >= 15 is 0 Å². The molecule has 7 nitrogen and oxygen atoms in total. The van der Waals surface area contributed by atoms with Crippen LogP contribution in [0.5, 0.6) is 11.5 Å². The first-order valence-corrected chi connectivity index (χ1v) is 10.3. The van der Waals surface area contributed by atoms with Crippen molar-refractivity contribution in [3.8, 4) is 11.5 Å². The van der Waals surface area contributed by atoms with Crippen molar-refractivity contribution in [3.05, 3.63) is 53.6 Å². The maximum atomic E-state index is 12.5. The van der Waals surface area contributed by atoms with Crippen LogP contribution in [0.1, 0.15) is 25.0 Å². The van der Waals surface area contributed by atoms with Gasteiger partial charge in [0.1, 0.15) is 4.90 Å². The molecular weight excluding hydrogens is 398 g/mol. The predicted octanol–water partition coefficient (Wildman–Crippen LogP) is 2.98. The topological polar surface area (TPSA) is 89.0 Å². The average Bonchev–Trinajstić information content (AvgIpc) is 2.62. The summed E-state index contributed by atoms with van der Waals surface area (Å²) in [4.78, 5) is 0.0705. The zero-order valence-corrected chi connectivity index (χ0v) is 17.7. The average molecular weight is 422 g/mol. The minimum atomic E-state index is -3.97. The zero-order chi connectivity index (χ0) is 20.7. The second-order valence-electron chi connectivity index (χ2n) is 6.26. The van der Waals surface area contributed by atoms with Crippen LogP contribution >= 0.6 is 12.2 Å². The van der Waals surface area contributed by atoms with Crippen LogP contribution in [0.2, 0.25) is 0 Å². The molecule has 0 radical (unpaired) electrons. The Morgan fingerprint density at radius 3 is 2.43 bits per heavy atom. The molecule has 0 aliphatic carbocycles. The minimum absolute atomic E-state index is 0.0705. The Balaban J connectivity index is 2.14. The molecule has 0 fully saturated rings. The molecule has 2 aromatic rings. The summed E-state index contributed by atoms with van der Waals surface area (Å²) in [6.45, 7) is 5.80. The van der Waals surface area contributed by atoms with E-state index in [2.05, 4.69) is 15.8 Å². The van der Waals surface area contributed by atoms with Crippen molar-refractivity contribution in [3.63, 3.8) is 0 Å². The molecule has 0 atom stereocenters. The van der Waals surface area contributed by atoms with Crippen molar-refractivity contribution in [2.24, 2.45) is 5.10 Å². The van der Waals surface area contributed by atoms with Crippen LogP contribution in [-0.2, 0) is 10.1 Å². The molecule has 0 amide bonds. The number of methoxy groups -OCH3 is 1. The van der Waals surface area contributed by atoms with E-state index in [1.165, 1.54) is 31.5 Å². The highest BCUT2D eigenvalue weighted by Gasteiger charge is 2.19. The third kappa shape index (κ3) is 6.21. The van der Waals surface area contributed by atoms with Gasteiger partial charge < -0.3 is 14.2 Å². The molecule has 0 heterocycles. The highest BCUT2D eigenvalue weighted by atomic mass is 32.2. The van der Waals surface area contributed by atoms with Gasteiger partial charge in [0.25, 0.3) is 0 Å². The lowest BCUT2D eigenvalue weighted by molar-refractivity contribution is 0.390. The molecule has 0 aliphatic heterocycles. The molecule has 0 bridgehead atoms. The number of nitrogens with zero attached hydrogens (tertiary/aromatic N) is 1. The van der Waals surface area contributed by atoms with Gasteiger partial charge in [-0.2, -0.15) is 13.5 Å². The van der Waals surface area contributed by atoms with Crippen LogP contribution in [0.4, 0.5) is 0 Å². The van der Waals surface area contributed by atoms with Gasteiger partial charge >= 0.3 is 10.1 Å². The highest BCUT2D eigenvalue weighted by molar-refractivity contribution is 7.87. The maximum Gasteiger partial charge on any atom is 0.339 e. The van der Waals surface area contributed by atoms with Crippen LogP contribution in [0.15, 0.2) is 52.5 Å². The summed E-state index contributed by atoms with van der Waals surface area (Å²) < 4.78 is 35.4. The summed E-state index contributed by atoms with van der Waals surface area (Å²) in [6, 6.07) is 11.4. The van der Waals surface area contributed by atoms with E-state index in [9.17, 15) is 8.42 Å². The third-order valence-electron chi connectivity index (χ3n) is 3.50. The molecule has 0 spiro atoms. The van der Waals surface area contributed by atoms with E-state index in [-0.39, 0.29) is 22.4 Å². The molecule has 0 aliphatic rings. The molecule has 28 heavy (non-hydrogen) atoms. The van der Waals surface area contributed by atoms with Crippen molar-refractivity contribution < 1.29 is 17.3 Å². The fourth-order valence-electron chi connectivity index (χ4n) is 2.16. The molecule has 0 saturated heterocycles. The second kappa shape index (κ2) is 9.52. The quantitative estimate of drug-likeness (QED) is 0.307. The first-order valence-electron chi connectivity index (χ1n) is 8.50. The van der Waals surface area contributed by atoms with Gasteiger partial charge in [-0.05, 0) is 68.9 Å². The van der Waals surface area contributed by atoms with Crippen molar-refractivity contribution in [1.82, 2.24) is 10.7 Å². The number of hydrogen-bond donors (Lipinski definition) is 2. The summed E-state index contributed by atoms with van der Waals surface area (Å²) in [5.41, 5.74) is 4.33. The summed E-state index contributed by atoms with van der Waals surface area (Å²) >= 11 is 5.08. The lowest BCUT2D eigenvalue weighted by Crippen LogP contribution is -2.36. The SMILES string of the molecule is COc1cc(/C=N\NC(=S)NC(C)C)ccc1OS(=O)(=O)c1ccc(C)cc1. The fraction of sp³-hybridized carbons (Fsp3) is 0.263.